The Morgan fingerprint density at radius 3 is 2.56 bits per heavy atom. The molecular weight excluding hydrogens is 336 g/mol. The maximum Gasteiger partial charge on any atom is 0.191 e. The topological polar surface area (TPSA) is 48.9 Å². The van der Waals surface area contributed by atoms with Crippen LogP contribution in [0.2, 0.25) is 0 Å². The van der Waals surface area contributed by atoms with Crippen molar-refractivity contribution >= 4 is 5.96 Å². The molecule has 4 aliphatic rings. The summed E-state index contributed by atoms with van der Waals surface area (Å²) in [7, 11) is 0. The first-order valence-corrected chi connectivity index (χ1v) is 11.5. The van der Waals surface area contributed by atoms with Crippen LogP contribution < -0.4 is 10.6 Å². The van der Waals surface area contributed by atoms with Crippen molar-refractivity contribution in [3.05, 3.63) is 0 Å². The highest BCUT2D eigenvalue weighted by Crippen LogP contribution is 2.60. The van der Waals surface area contributed by atoms with E-state index in [-0.39, 0.29) is 0 Å². The van der Waals surface area contributed by atoms with Crippen molar-refractivity contribution in [1.82, 2.24) is 15.5 Å². The van der Waals surface area contributed by atoms with Gasteiger partial charge in [0.25, 0.3) is 0 Å². The van der Waals surface area contributed by atoms with Crippen LogP contribution in [0.4, 0.5) is 0 Å². The van der Waals surface area contributed by atoms with Crippen molar-refractivity contribution < 1.29 is 4.74 Å². The Morgan fingerprint density at radius 1 is 1.15 bits per heavy atom. The largest absolute Gasteiger partial charge is 0.377 e. The molecule has 4 fully saturated rings. The third kappa shape index (κ3) is 3.87. The van der Waals surface area contributed by atoms with Crippen LogP contribution in [0.1, 0.15) is 65.7 Å². The van der Waals surface area contributed by atoms with Gasteiger partial charge in [-0.15, -0.1) is 0 Å². The summed E-state index contributed by atoms with van der Waals surface area (Å²) in [6.45, 7) is 12.2. The van der Waals surface area contributed by atoms with Crippen LogP contribution in [0.15, 0.2) is 4.99 Å². The number of aliphatic imine (C=N–C) groups is 1. The minimum Gasteiger partial charge on any atom is -0.377 e. The summed E-state index contributed by atoms with van der Waals surface area (Å²) < 4.78 is 6.15. The van der Waals surface area contributed by atoms with Crippen molar-refractivity contribution in [2.75, 3.05) is 32.8 Å². The predicted octanol–water partition coefficient (Wildman–Crippen LogP) is 3.01. The van der Waals surface area contributed by atoms with Crippen LogP contribution in [-0.2, 0) is 4.74 Å². The van der Waals surface area contributed by atoms with E-state index in [1.54, 1.807) is 0 Å². The molecule has 5 heteroatoms. The Hall–Kier alpha value is -0.810. The Balaban J connectivity index is 1.34. The van der Waals surface area contributed by atoms with Crippen LogP contribution >= 0.6 is 0 Å². The number of nitrogens with zero attached hydrogens (tertiary/aromatic N) is 2. The van der Waals surface area contributed by atoms with E-state index in [1.807, 2.05) is 0 Å². The number of nitrogens with one attached hydrogen (secondary N) is 2. The van der Waals surface area contributed by atoms with Crippen molar-refractivity contribution in [3.8, 4) is 0 Å². The number of ether oxygens (including phenoxy) is 1. The van der Waals surface area contributed by atoms with Gasteiger partial charge in [0.2, 0.25) is 0 Å². The van der Waals surface area contributed by atoms with Crippen LogP contribution in [-0.4, -0.2) is 61.8 Å². The van der Waals surface area contributed by atoms with E-state index in [4.69, 9.17) is 9.73 Å². The smallest absolute Gasteiger partial charge is 0.191 e. The molecule has 2 aliphatic carbocycles. The molecule has 2 aliphatic heterocycles. The second-order valence-corrected chi connectivity index (χ2v) is 9.74. The fourth-order valence-corrected chi connectivity index (χ4v) is 6.31. The van der Waals surface area contributed by atoms with Crippen molar-refractivity contribution in [1.29, 1.82) is 0 Å². The van der Waals surface area contributed by atoms with Crippen molar-refractivity contribution in [2.24, 2.45) is 22.2 Å². The van der Waals surface area contributed by atoms with Gasteiger partial charge in [0.1, 0.15) is 0 Å². The number of rotatable bonds is 5. The van der Waals surface area contributed by atoms with Gasteiger partial charge in [-0.25, -0.2) is 0 Å². The van der Waals surface area contributed by atoms with Crippen molar-refractivity contribution in [2.45, 2.75) is 83.9 Å². The van der Waals surface area contributed by atoms with Gasteiger partial charge in [0, 0.05) is 56.2 Å². The third-order valence-corrected chi connectivity index (χ3v) is 7.45. The van der Waals surface area contributed by atoms with Gasteiger partial charge >= 0.3 is 0 Å². The highest BCUT2D eigenvalue weighted by molar-refractivity contribution is 5.80. The standard InChI is InChI=1S/C22H40N4O/c1-4-23-21(24-17-7-12-26(13-8-17)15-16(2)3)25-19-18-9-14-27-20(18)22(19)10-5-6-11-22/h16-20H,4-15H2,1-3H3,(H2,23,24,25). The summed E-state index contributed by atoms with van der Waals surface area (Å²) in [4.78, 5) is 7.43. The number of piperidine rings is 1. The summed E-state index contributed by atoms with van der Waals surface area (Å²) >= 11 is 0. The lowest BCUT2D eigenvalue weighted by molar-refractivity contribution is -0.125. The fourth-order valence-electron chi connectivity index (χ4n) is 6.31. The van der Waals surface area contributed by atoms with Crippen LogP contribution in [0.5, 0.6) is 0 Å². The SMILES string of the molecule is CCN=C(NC1CCN(CC(C)C)CC1)NC1C2CCOC2C12CCCC2. The molecule has 2 N–H and O–H groups in total. The average molecular weight is 377 g/mol. The molecular formula is C22H40N4O. The lowest BCUT2D eigenvalue weighted by Crippen LogP contribution is -2.69. The van der Waals surface area contributed by atoms with E-state index in [0.29, 0.717) is 29.5 Å². The quantitative estimate of drug-likeness (QED) is 0.572. The number of likely N-dealkylation sites (tertiary alicyclic amines) is 1. The molecule has 1 spiro atoms. The van der Waals surface area contributed by atoms with E-state index in [1.165, 1.54) is 64.6 Å². The number of fused-ring (bicyclic) bond motifs is 2. The van der Waals surface area contributed by atoms with Gasteiger partial charge in [-0.1, -0.05) is 26.7 Å². The predicted molar refractivity (Wildman–Crippen MR) is 111 cm³/mol. The number of hydrogen-bond donors (Lipinski definition) is 2. The molecule has 0 amide bonds. The number of guanidine groups is 1. The zero-order chi connectivity index (χ0) is 18.9. The molecule has 154 valence electrons. The molecule has 27 heavy (non-hydrogen) atoms. The third-order valence-electron chi connectivity index (χ3n) is 7.45. The van der Waals surface area contributed by atoms with Crippen molar-refractivity contribution in [3.63, 3.8) is 0 Å². The summed E-state index contributed by atoms with van der Waals surface area (Å²) in [5, 5.41) is 7.68. The Bertz CT molecular complexity index is 520. The number of hydrogen-bond acceptors (Lipinski definition) is 3. The summed E-state index contributed by atoms with van der Waals surface area (Å²) in [5.41, 5.74) is 0.387. The average Bonchev–Trinajstić information content (AvgIpc) is 3.30. The molecule has 3 unspecified atom stereocenters. The zero-order valence-corrected chi connectivity index (χ0v) is 17.7. The first-order chi connectivity index (χ1) is 13.1. The van der Waals surface area contributed by atoms with Gasteiger partial charge < -0.3 is 20.3 Å². The van der Waals surface area contributed by atoms with Gasteiger partial charge in [0.15, 0.2) is 5.96 Å². The fraction of sp³-hybridized carbons (Fsp3) is 0.955. The summed E-state index contributed by atoms with van der Waals surface area (Å²) in [6, 6.07) is 1.12. The first kappa shape index (κ1) is 19.5. The highest BCUT2D eigenvalue weighted by atomic mass is 16.5. The van der Waals surface area contributed by atoms with E-state index in [2.05, 4.69) is 36.3 Å². The Kier molecular flexibility index (Phi) is 5.98. The monoisotopic (exact) mass is 376 g/mol. The van der Waals surface area contributed by atoms with E-state index >= 15 is 0 Å². The normalized spacial score (nSPS) is 34.1. The van der Waals surface area contributed by atoms with E-state index in [9.17, 15) is 0 Å². The maximum atomic E-state index is 6.15. The summed E-state index contributed by atoms with van der Waals surface area (Å²) in [6.07, 6.45) is 9.58. The second-order valence-electron chi connectivity index (χ2n) is 9.74. The lowest BCUT2D eigenvalue weighted by atomic mass is 9.54. The highest BCUT2D eigenvalue weighted by Gasteiger charge is 2.65. The Morgan fingerprint density at radius 2 is 1.89 bits per heavy atom. The molecule has 2 saturated heterocycles. The van der Waals surface area contributed by atoms with Gasteiger partial charge in [-0.3, -0.25) is 4.99 Å². The van der Waals surface area contributed by atoms with Crippen LogP contribution in [0.25, 0.3) is 0 Å². The van der Waals surface area contributed by atoms with Gasteiger partial charge in [-0.05, 0) is 44.9 Å². The Labute approximate surface area is 165 Å². The van der Waals surface area contributed by atoms with Gasteiger partial charge in [0.05, 0.1) is 6.10 Å². The van der Waals surface area contributed by atoms with Crippen LogP contribution in [0.3, 0.4) is 0 Å². The molecule has 0 aromatic heterocycles. The molecule has 0 aromatic carbocycles. The van der Waals surface area contributed by atoms with Crippen LogP contribution in [0, 0.1) is 17.3 Å². The molecule has 5 nitrogen and oxygen atoms in total. The molecule has 4 rings (SSSR count). The molecule has 2 saturated carbocycles. The van der Waals surface area contributed by atoms with E-state index in [0.717, 1.165) is 25.0 Å². The second kappa shape index (κ2) is 8.28. The lowest BCUT2D eigenvalue weighted by Gasteiger charge is -2.57. The molecule has 0 aromatic rings. The maximum absolute atomic E-state index is 6.15. The van der Waals surface area contributed by atoms with E-state index < -0.39 is 0 Å². The molecule has 0 bridgehead atoms. The first-order valence-electron chi connectivity index (χ1n) is 11.5. The molecule has 2 heterocycles. The minimum atomic E-state index is 0.387. The molecule has 3 atom stereocenters. The minimum absolute atomic E-state index is 0.387. The summed E-state index contributed by atoms with van der Waals surface area (Å²) in [5.74, 6) is 2.51. The zero-order valence-electron chi connectivity index (χ0n) is 17.7. The molecule has 0 radical (unpaired) electrons. The van der Waals surface area contributed by atoms with Gasteiger partial charge in [-0.2, -0.15) is 0 Å².